The molecule has 2 rings (SSSR count). The van der Waals surface area contributed by atoms with Crippen molar-refractivity contribution < 1.29 is 4.74 Å². The van der Waals surface area contributed by atoms with E-state index in [1.807, 2.05) is 6.08 Å². The van der Waals surface area contributed by atoms with Gasteiger partial charge in [0, 0.05) is 6.54 Å². The van der Waals surface area contributed by atoms with Gasteiger partial charge in [-0.2, -0.15) is 0 Å². The maximum absolute atomic E-state index is 5.44. The van der Waals surface area contributed by atoms with Crippen molar-refractivity contribution >= 4 is 0 Å². The molecule has 1 saturated heterocycles. The summed E-state index contributed by atoms with van der Waals surface area (Å²) in [7, 11) is 0. The summed E-state index contributed by atoms with van der Waals surface area (Å²) in [6, 6.07) is 0. The number of ether oxygens (including phenoxy) is 1. The van der Waals surface area contributed by atoms with Crippen molar-refractivity contribution in [2.75, 3.05) is 19.7 Å². The molecule has 2 heteroatoms. The molecule has 2 aliphatic heterocycles. The molecule has 0 saturated carbocycles. The van der Waals surface area contributed by atoms with Crippen molar-refractivity contribution in [3.8, 4) is 0 Å². The van der Waals surface area contributed by atoms with Gasteiger partial charge >= 0.3 is 0 Å². The highest BCUT2D eigenvalue weighted by Gasteiger charge is 2.24. The van der Waals surface area contributed by atoms with Gasteiger partial charge in [0.15, 0.2) is 0 Å². The number of nitrogens with zero attached hydrogens (tertiary/aromatic N) is 1. The zero-order valence-corrected chi connectivity index (χ0v) is 7.88. The predicted octanol–water partition coefficient (Wildman–Crippen LogP) is 2.07. The fourth-order valence-corrected chi connectivity index (χ4v) is 2.02. The molecule has 0 aliphatic carbocycles. The summed E-state index contributed by atoms with van der Waals surface area (Å²) in [5.74, 6) is 0.820. The van der Waals surface area contributed by atoms with Crippen LogP contribution >= 0.6 is 0 Å². The molecule has 0 amide bonds. The molecule has 2 nitrogen and oxygen atoms in total. The Labute approximate surface area is 79.2 Å². The maximum atomic E-state index is 5.44. The van der Waals surface area contributed by atoms with E-state index in [1.165, 1.54) is 17.7 Å². The SMILES string of the molecule is C=CC1=C2C(=C)OCCN2CCC1. The molecule has 0 N–H and O–H groups in total. The minimum atomic E-state index is 0.771. The van der Waals surface area contributed by atoms with Crippen LogP contribution in [0.5, 0.6) is 0 Å². The standard InChI is InChI=1S/C11H15NO/c1-3-10-5-4-6-12-7-8-13-9(2)11(10)12/h3H,1-2,4-8H2. The number of rotatable bonds is 1. The summed E-state index contributed by atoms with van der Waals surface area (Å²) < 4.78 is 5.44. The van der Waals surface area contributed by atoms with Crippen molar-refractivity contribution in [2.24, 2.45) is 0 Å². The number of allylic oxidation sites excluding steroid dienone is 2. The van der Waals surface area contributed by atoms with E-state index >= 15 is 0 Å². The monoisotopic (exact) mass is 177 g/mol. The normalized spacial score (nSPS) is 22.5. The van der Waals surface area contributed by atoms with E-state index < -0.39 is 0 Å². The van der Waals surface area contributed by atoms with Crippen molar-refractivity contribution in [1.29, 1.82) is 0 Å². The van der Waals surface area contributed by atoms with Gasteiger partial charge in [0.05, 0.1) is 12.2 Å². The summed E-state index contributed by atoms with van der Waals surface area (Å²) in [6.45, 7) is 10.7. The molecule has 0 aromatic carbocycles. The quantitative estimate of drug-likeness (QED) is 0.608. The van der Waals surface area contributed by atoms with Gasteiger partial charge in [0.1, 0.15) is 12.4 Å². The summed E-state index contributed by atoms with van der Waals surface area (Å²) in [5, 5.41) is 0. The van der Waals surface area contributed by atoms with E-state index in [4.69, 9.17) is 4.74 Å². The van der Waals surface area contributed by atoms with E-state index in [9.17, 15) is 0 Å². The van der Waals surface area contributed by atoms with Crippen molar-refractivity contribution in [3.63, 3.8) is 0 Å². The highest BCUT2D eigenvalue weighted by atomic mass is 16.5. The molecule has 0 atom stereocenters. The Bertz CT molecular complexity index is 278. The Morgan fingerprint density at radius 2 is 2.23 bits per heavy atom. The van der Waals surface area contributed by atoms with Crippen LogP contribution in [0.3, 0.4) is 0 Å². The molecule has 2 heterocycles. The van der Waals surface area contributed by atoms with E-state index in [1.54, 1.807) is 0 Å². The van der Waals surface area contributed by atoms with Crippen molar-refractivity contribution in [1.82, 2.24) is 4.90 Å². The highest BCUT2D eigenvalue weighted by Crippen LogP contribution is 2.30. The van der Waals surface area contributed by atoms with Gasteiger partial charge in [-0.05, 0) is 18.4 Å². The van der Waals surface area contributed by atoms with Gasteiger partial charge in [-0.25, -0.2) is 0 Å². The second-order valence-corrected chi connectivity index (χ2v) is 3.44. The maximum Gasteiger partial charge on any atom is 0.135 e. The fourth-order valence-electron chi connectivity index (χ4n) is 2.02. The summed E-state index contributed by atoms with van der Waals surface area (Å²) in [4.78, 5) is 2.35. The molecule has 0 bridgehead atoms. The van der Waals surface area contributed by atoms with Crippen LogP contribution < -0.4 is 0 Å². The largest absolute Gasteiger partial charge is 0.490 e. The first-order valence-corrected chi connectivity index (χ1v) is 4.75. The third-order valence-corrected chi connectivity index (χ3v) is 2.64. The zero-order valence-electron chi connectivity index (χ0n) is 7.88. The Morgan fingerprint density at radius 1 is 1.38 bits per heavy atom. The molecular formula is C11H15NO. The van der Waals surface area contributed by atoms with Crippen molar-refractivity contribution in [2.45, 2.75) is 12.8 Å². The van der Waals surface area contributed by atoms with Crippen molar-refractivity contribution in [3.05, 3.63) is 36.3 Å². The van der Waals surface area contributed by atoms with Gasteiger partial charge < -0.3 is 9.64 Å². The zero-order chi connectivity index (χ0) is 9.26. The van der Waals surface area contributed by atoms with Crippen LogP contribution in [0.15, 0.2) is 36.3 Å². The molecule has 0 aromatic rings. The van der Waals surface area contributed by atoms with E-state index in [-0.39, 0.29) is 0 Å². The minimum Gasteiger partial charge on any atom is -0.490 e. The third-order valence-electron chi connectivity index (χ3n) is 2.64. The molecule has 13 heavy (non-hydrogen) atoms. The first-order chi connectivity index (χ1) is 6.33. The first kappa shape index (κ1) is 8.42. The predicted molar refractivity (Wildman–Crippen MR) is 53.1 cm³/mol. The summed E-state index contributed by atoms with van der Waals surface area (Å²) >= 11 is 0. The second-order valence-electron chi connectivity index (χ2n) is 3.44. The van der Waals surface area contributed by atoms with Crippen LogP contribution in [-0.2, 0) is 4.74 Å². The molecule has 70 valence electrons. The first-order valence-electron chi connectivity index (χ1n) is 4.75. The number of morpholine rings is 1. The molecule has 1 fully saturated rings. The lowest BCUT2D eigenvalue weighted by Crippen LogP contribution is -2.36. The van der Waals surface area contributed by atoms with Crippen LogP contribution in [0.4, 0.5) is 0 Å². The molecular weight excluding hydrogens is 162 g/mol. The lowest BCUT2D eigenvalue weighted by molar-refractivity contribution is 0.122. The third kappa shape index (κ3) is 1.37. The average molecular weight is 177 g/mol. The smallest absolute Gasteiger partial charge is 0.135 e. The van der Waals surface area contributed by atoms with Gasteiger partial charge in [-0.15, -0.1) is 0 Å². The number of hydrogen-bond acceptors (Lipinski definition) is 2. The van der Waals surface area contributed by atoms with Crippen LogP contribution in [-0.4, -0.2) is 24.6 Å². The van der Waals surface area contributed by atoms with Gasteiger partial charge in [0.25, 0.3) is 0 Å². The number of fused-ring (bicyclic) bond motifs is 1. The van der Waals surface area contributed by atoms with Gasteiger partial charge in [-0.1, -0.05) is 19.2 Å². The molecule has 0 spiro atoms. The molecule has 0 aromatic heterocycles. The van der Waals surface area contributed by atoms with Gasteiger partial charge in [-0.3, -0.25) is 0 Å². The van der Waals surface area contributed by atoms with Crippen LogP contribution in [0, 0.1) is 0 Å². The minimum absolute atomic E-state index is 0.771. The van der Waals surface area contributed by atoms with E-state index in [0.29, 0.717) is 0 Å². The fraction of sp³-hybridized carbons (Fsp3) is 0.455. The Morgan fingerprint density at radius 3 is 3.00 bits per heavy atom. The topological polar surface area (TPSA) is 12.5 Å². The van der Waals surface area contributed by atoms with Crippen LogP contribution in [0.1, 0.15) is 12.8 Å². The van der Waals surface area contributed by atoms with Crippen LogP contribution in [0.25, 0.3) is 0 Å². The van der Waals surface area contributed by atoms with Crippen LogP contribution in [0.2, 0.25) is 0 Å². The van der Waals surface area contributed by atoms with E-state index in [0.717, 1.165) is 31.9 Å². The Hall–Kier alpha value is -1.18. The molecule has 2 aliphatic rings. The summed E-state index contributed by atoms with van der Waals surface area (Å²) in [6.07, 6.45) is 4.26. The van der Waals surface area contributed by atoms with E-state index in [2.05, 4.69) is 18.1 Å². The number of hydrogen-bond donors (Lipinski definition) is 0. The Balaban J connectivity index is 2.37. The molecule has 0 radical (unpaired) electrons. The average Bonchev–Trinajstić information content (AvgIpc) is 2.17. The van der Waals surface area contributed by atoms with Gasteiger partial charge in [0.2, 0.25) is 0 Å². The lowest BCUT2D eigenvalue weighted by atomic mass is 10.0. The lowest BCUT2D eigenvalue weighted by Gasteiger charge is -2.37. The second kappa shape index (κ2) is 3.29. The molecule has 0 unspecified atom stereocenters. The summed E-state index contributed by atoms with van der Waals surface area (Å²) in [5.41, 5.74) is 2.48. The highest BCUT2D eigenvalue weighted by molar-refractivity contribution is 5.36. The Kier molecular flexibility index (Phi) is 2.13.